The average molecular weight is 365 g/mol. The Morgan fingerprint density at radius 1 is 1.32 bits per heavy atom. The first kappa shape index (κ1) is 20.7. The number of nitrogens with zero attached hydrogens (tertiary/aromatic N) is 4. The summed E-state index contributed by atoms with van der Waals surface area (Å²) in [6.45, 7) is 4.05. The number of unbranched alkanes of at least 4 members (excludes halogenated alkanes) is 2. The second-order valence-electron chi connectivity index (χ2n) is 4.61. The highest BCUT2D eigenvalue weighted by atomic mass is 35.5. The van der Waals surface area contributed by atoms with E-state index in [2.05, 4.69) is 22.0 Å². The number of aryl methyl sites for hydroxylation is 2. The molecule has 2 aromatic rings. The van der Waals surface area contributed by atoms with Crippen molar-refractivity contribution in [3.63, 3.8) is 0 Å². The van der Waals surface area contributed by atoms with E-state index in [-0.39, 0.29) is 30.8 Å². The van der Waals surface area contributed by atoms with Crippen molar-refractivity contribution in [3.8, 4) is 11.4 Å². The molecule has 0 bridgehead atoms. The van der Waals surface area contributed by atoms with Gasteiger partial charge in [-0.05, 0) is 19.8 Å². The standard InChI is InChI=1S/C13H20N6S.2ClH/c1-3-4-5-6-12-17-10(8-20-12)11-7-16-9(2)19(11)18-13(14)15;;/h7-8H,3-6H2,1-2H3,(H4,14,15,18);2*1H. The summed E-state index contributed by atoms with van der Waals surface area (Å²) in [4.78, 5) is 8.88. The van der Waals surface area contributed by atoms with Gasteiger partial charge in [-0.3, -0.25) is 0 Å². The van der Waals surface area contributed by atoms with E-state index in [1.54, 1.807) is 22.2 Å². The van der Waals surface area contributed by atoms with Crippen molar-refractivity contribution >= 4 is 42.1 Å². The lowest BCUT2D eigenvalue weighted by Gasteiger charge is -2.02. The molecular formula is C13H22Cl2N6S. The lowest BCUT2D eigenvalue weighted by Crippen LogP contribution is -2.24. The van der Waals surface area contributed by atoms with Gasteiger partial charge in [-0.15, -0.1) is 41.3 Å². The fraction of sp³-hybridized carbons (Fsp3) is 0.462. The molecule has 9 heteroatoms. The fourth-order valence-corrected chi connectivity index (χ4v) is 2.76. The number of thiazole rings is 1. The quantitative estimate of drug-likeness (QED) is 0.467. The zero-order valence-corrected chi connectivity index (χ0v) is 15.1. The highest BCUT2D eigenvalue weighted by Crippen LogP contribution is 2.24. The van der Waals surface area contributed by atoms with Crippen LogP contribution in [0, 0.1) is 6.92 Å². The molecule has 0 atom stereocenters. The molecule has 0 aliphatic carbocycles. The number of guanidine groups is 1. The molecule has 22 heavy (non-hydrogen) atoms. The average Bonchev–Trinajstić information content (AvgIpc) is 2.98. The number of rotatable bonds is 6. The van der Waals surface area contributed by atoms with Gasteiger partial charge in [-0.1, -0.05) is 19.8 Å². The molecule has 0 amide bonds. The molecule has 0 spiro atoms. The molecule has 124 valence electrons. The molecule has 4 N–H and O–H groups in total. The van der Waals surface area contributed by atoms with Gasteiger partial charge in [-0.2, -0.15) is 0 Å². The Kier molecular flexibility index (Phi) is 9.08. The summed E-state index contributed by atoms with van der Waals surface area (Å²) in [5, 5.41) is 7.24. The molecule has 0 unspecified atom stereocenters. The Balaban J connectivity index is 0.00000220. The Hall–Kier alpha value is -1.31. The lowest BCUT2D eigenvalue weighted by molar-refractivity contribution is 0.715. The summed E-state index contributed by atoms with van der Waals surface area (Å²) in [5.41, 5.74) is 12.6. The van der Waals surface area contributed by atoms with Crippen LogP contribution in [0.2, 0.25) is 0 Å². The molecule has 0 saturated carbocycles. The molecule has 0 aromatic carbocycles. The normalized spacial score (nSPS) is 9.73. The molecule has 0 aliphatic rings. The van der Waals surface area contributed by atoms with E-state index >= 15 is 0 Å². The van der Waals surface area contributed by atoms with E-state index in [9.17, 15) is 0 Å². The second-order valence-corrected chi connectivity index (χ2v) is 5.55. The third-order valence-corrected chi connectivity index (χ3v) is 3.84. The van der Waals surface area contributed by atoms with Crippen LogP contribution < -0.4 is 11.5 Å². The minimum Gasteiger partial charge on any atom is -0.369 e. The Bertz CT molecular complexity index is 603. The van der Waals surface area contributed by atoms with Gasteiger partial charge in [0.15, 0.2) is 0 Å². The molecule has 0 saturated heterocycles. The third kappa shape index (κ3) is 5.15. The highest BCUT2D eigenvalue weighted by molar-refractivity contribution is 7.09. The maximum atomic E-state index is 5.45. The maximum Gasteiger partial charge on any atom is 0.209 e. The number of aromatic nitrogens is 3. The van der Waals surface area contributed by atoms with Crippen molar-refractivity contribution in [3.05, 3.63) is 22.4 Å². The van der Waals surface area contributed by atoms with Gasteiger partial charge in [0.25, 0.3) is 0 Å². The summed E-state index contributed by atoms with van der Waals surface area (Å²) in [6, 6.07) is 0. The van der Waals surface area contributed by atoms with Gasteiger partial charge >= 0.3 is 0 Å². The van der Waals surface area contributed by atoms with Crippen LogP contribution in [0.25, 0.3) is 11.4 Å². The van der Waals surface area contributed by atoms with E-state index in [0.717, 1.165) is 28.6 Å². The van der Waals surface area contributed by atoms with Crippen molar-refractivity contribution in [2.24, 2.45) is 16.6 Å². The summed E-state index contributed by atoms with van der Waals surface area (Å²) in [7, 11) is 0. The maximum absolute atomic E-state index is 5.45. The Labute approximate surface area is 146 Å². The summed E-state index contributed by atoms with van der Waals surface area (Å²) in [6.07, 6.45) is 6.39. The van der Waals surface area contributed by atoms with E-state index in [0.29, 0.717) is 0 Å². The number of imidazole rings is 1. The Morgan fingerprint density at radius 3 is 2.68 bits per heavy atom. The number of hydrogen-bond acceptors (Lipinski definition) is 4. The van der Waals surface area contributed by atoms with Crippen molar-refractivity contribution in [2.75, 3.05) is 0 Å². The van der Waals surface area contributed by atoms with Gasteiger partial charge in [0.2, 0.25) is 5.96 Å². The van der Waals surface area contributed by atoms with E-state index in [4.69, 9.17) is 11.5 Å². The van der Waals surface area contributed by atoms with Crippen LogP contribution in [0.5, 0.6) is 0 Å². The SMILES string of the molecule is CCCCCc1nc(-c2cnc(C)n2N=C(N)N)cs1.Cl.Cl. The molecule has 2 aromatic heterocycles. The first-order valence-corrected chi connectivity index (χ1v) is 7.58. The van der Waals surface area contributed by atoms with Crippen molar-refractivity contribution in [2.45, 2.75) is 39.5 Å². The first-order valence-electron chi connectivity index (χ1n) is 6.71. The van der Waals surface area contributed by atoms with Crippen molar-refractivity contribution in [1.29, 1.82) is 0 Å². The lowest BCUT2D eigenvalue weighted by atomic mass is 10.2. The zero-order chi connectivity index (χ0) is 14.5. The van der Waals surface area contributed by atoms with Crippen LogP contribution in [0.1, 0.15) is 37.0 Å². The number of halogens is 2. The molecule has 6 nitrogen and oxygen atoms in total. The van der Waals surface area contributed by atoms with Crippen LogP contribution in [-0.2, 0) is 6.42 Å². The summed E-state index contributed by atoms with van der Waals surface area (Å²) < 4.78 is 1.63. The largest absolute Gasteiger partial charge is 0.369 e. The highest BCUT2D eigenvalue weighted by Gasteiger charge is 2.12. The topological polar surface area (TPSA) is 95.1 Å². The third-order valence-electron chi connectivity index (χ3n) is 2.93. The number of nitrogens with two attached hydrogens (primary N) is 2. The summed E-state index contributed by atoms with van der Waals surface area (Å²) >= 11 is 1.67. The summed E-state index contributed by atoms with van der Waals surface area (Å²) in [5.74, 6) is 0.736. The van der Waals surface area contributed by atoms with E-state index < -0.39 is 0 Å². The molecule has 2 rings (SSSR count). The van der Waals surface area contributed by atoms with Crippen molar-refractivity contribution in [1.82, 2.24) is 14.6 Å². The minimum atomic E-state index is 0. The van der Waals surface area contributed by atoms with Gasteiger partial charge in [0.05, 0.1) is 11.2 Å². The molecule has 0 radical (unpaired) electrons. The monoisotopic (exact) mass is 364 g/mol. The molecule has 0 aliphatic heterocycles. The second kappa shape index (κ2) is 9.66. The van der Waals surface area contributed by atoms with Crippen LogP contribution in [0.4, 0.5) is 0 Å². The van der Waals surface area contributed by atoms with Crippen LogP contribution in [0.15, 0.2) is 16.7 Å². The van der Waals surface area contributed by atoms with Gasteiger partial charge < -0.3 is 11.5 Å². The first-order chi connectivity index (χ1) is 9.61. The zero-order valence-electron chi connectivity index (χ0n) is 12.7. The number of hydrogen-bond donors (Lipinski definition) is 2. The predicted octanol–water partition coefficient (Wildman–Crippen LogP) is 2.93. The van der Waals surface area contributed by atoms with Gasteiger partial charge in [-0.25, -0.2) is 14.6 Å². The van der Waals surface area contributed by atoms with Gasteiger partial charge in [0.1, 0.15) is 17.2 Å². The van der Waals surface area contributed by atoms with E-state index in [1.807, 2.05) is 12.3 Å². The molecule has 0 fully saturated rings. The molecular weight excluding hydrogens is 343 g/mol. The Morgan fingerprint density at radius 2 is 2.05 bits per heavy atom. The van der Waals surface area contributed by atoms with Crippen LogP contribution in [0.3, 0.4) is 0 Å². The molecule has 2 heterocycles. The van der Waals surface area contributed by atoms with Crippen molar-refractivity contribution < 1.29 is 0 Å². The minimum absolute atomic E-state index is 0. The predicted molar refractivity (Wildman–Crippen MR) is 97.0 cm³/mol. The fourth-order valence-electron chi connectivity index (χ4n) is 1.92. The van der Waals surface area contributed by atoms with Crippen LogP contribution >= 0.6 is 36.2 Å². The van der Waals surface area contributed by atoms with Crippen LogP contribution in [-0.4, -0.2) is 20.6 Å². The smallest absolute Gasteiger partial charge is 0.209 e. The van der Waals surface area contributed by atoms with Gasteiger partial charge in [0, 0.05) is 5.38 Å². The van der Waals surface area contributed by atoms with E-state index in [1.165, 1.54) is 19.3 Å².